The highest BCUT2D eigenvalue weighted by Crippen LogP contribution is 2.35. The first-order valence-corrected chi connectivity index (χ1v) is 6.96. The zero-order valence-corrected chi connectivity index (χ0v) is 11.4. The van der Waals surface area contributed by atoms with Crippen molar-refractivity contribution >= 4 is 23.2 Å². The molecule has 0 radical (unpaired) electrons. The lowest BCUT2D eigenvalue weighted by atomic mass is 9.87. The molecule has 2 rings (SSSR count). The highest BCUT2D eigenvalue weighted by molar-refractivity contribution is 7.10. The van der Waals surface area contributed by atoms with E-state index in [0.29, 0.717) is 0 Å². The van der Waals surface area contributed by atoms with Crippen molar-refractivity contribution in [3.63, 3.8) is 0 Å². The van der Waals surface area contributed by atoms with E-state index in [1.807, 2.05) is 11.4 Å². The molecule has 4 nitrogen and oxygen atoms in total. The van der Waals surface area contributed by atoms with E-state index in [1.165, 1.54) is 12.0 Å². The van der Waals surface area contributed by atoms with Crippen LogP contribution in [0.3, 0.4) is 0 Å². The van der Waals surface area contributed by atoms with Crippen molar-refractivity contribution in [1.82, 2.24) is 5.32 Å². The molecule has 0 fully saturated rings. The maximum atomic E-state index is 12.2. The molecule has 2 atom stereocenters. The SMILES string of the molecule is COC(=O)C(C)NC(=O)C1CCCc2sccc21. The van der Waals surface area contributed by atoms with Crippen LogP contribution in [-0.4, -0.2) is 25.0 Å². The number of ether oxygens (including phenoxy) is 1. The Kier molecular flexibility index (Phi) is 4.01. The molecule has 1 aliphatic rings. The van der Waals surface area contributed by atoms with Gasteiger partial charge in [-0.15, -0.1) is 11.3 Å². The third-order valence-electron chi connectivity index (χ3n) is 3.28. The Balaban J connectivity index is 2.05. The van der Waals surface area contributed by atoms with Crippen LogP contribution in [0.2, 0.25) is 0 Å². The molecule has 5 heteroatoms. The summed E-state index contributed by atoms with van der Waals surface area (Å²) in [5.41, 5.74) is 1.13. The normalized spacial score (nSPS) is 19.8. The Bertz CT molecular complexity index is 455. The molecule has 0 aromatic carbocycles. The Labute approximate surface area is 110 Å². The van der Waals surface area contributed by atoms with Crippen molar-refractivity contribution in [2.75, 3.05) is 7.11 Å². The number of esters is 1. The summed E-state index contributed by atoms with van der Waals surface area (Å²) in [5.74, 6) is -0.607. The fourth-order valence-electron chi connectivity index (χ4n) is 2.31. The van der Waals surface area contributed by atoms with Crippen LogP contribution in [0.4, 0.5) is 0 Å². The number of amides is 1. The van der Waals surface area contributed by atoms with Crippen LogP contribution in [0.5, 0.6) is 0 Å². The van der Waals surface area contributed by atoms with Gasteiger partial charge in [0, 0.05) is 4.88 Å². The highest BCUT2D eigenvalue weighted by Gasteiger charge is 2.29. The standard InChI is InChI=1S/C13H17NO3S/c1-8(13(16)17-2)14-12(15)10-4-3-5-11-9(10)6-7-18-11/h6-8,10H,3-5H2,1-2H3,(H,14,15). The third kappa shape index (κ3) is 2.56. The highest BCUT2D eigenvalue weighted by atomic mass is 32.1. The number of aryl methyl sites for hydroxylation is 1. The van der Waals surface area contributed by atoms with Gasteiger partial charge in [0.1, 0.15) is 6.04 Å². The average Bonchev–Trinajstić information content (AvgIpc) is 2.85. The number of fused-ring (bicyclic) bond motifs is 1. The van der Waals surface area contributed by atoms with Gasteiger partial charge in [0.2, 0.25) is 5.91 Å². The van der Waals surface area contributed by atoms with Gasteiger partial charge in [-0.25, -0.2) is 4.79 Å². The van der Waals surface area contributed by atoms with Crippen LogP contribution in [0.25, 0.3) is 0 Å². The van der Waals surface area contributed by atoms with Crippen LogP contribution in [0, 0.1) is 0 Å². The summed E-state index contributed by atoms with van der Waals surface area (Å²) >= 11 is 1.70. The van der Waals surface area contributed by atoms with E-state index in [9.17, 15) is 9.59 Å². The van der Waals surface area contributed by atoms with E-state index < -0.39 is 12.0 Å². The minimum atomic E-state index is -0.591. The Hall–Kier alpha value is -1.36. The molecule has 2 unspecified atom stereocenters. The molecule has 1 N–H and O–H groups in total. The predicted octanol–water partition coefficient (Wildman–Crippen LogP) is 1.85. The molecular weight excluding hydrogens is 250 g/mol. The van der Waals surface area contributed by atoms with Crippen LogP contribution in [-0.2, 0) is 20.7 Å². The topological polar surface area (TPSA) is 55.4 Å². The summed E-state index contributed by atoms with van der Waals surface area (Å²) in [6.07, 6.45) is 2.94. The summed E-state index contributed by atoms with van der Waals surface area (Å²) in [7, 11) is 1.32. The molecule has 1 aromatic rings. The number of nitrogens with one attached hydrogen (secondary N) is 1. The number of methoxy groups -OCH3 is 1. The van der Waals surface area contributed by atoms with Crippen LogP contribution in [0.1, 0.15) is 36.1 Å². The monoisotopic (exact) mass is 267 g/mol. The average molecular weight is 267 g/mol. The molecule has 0 saturated heterocycles. The van der Waals surface area contributed by atoms with Gasteiger partial charge >= 0.3 is 5.97 Å². The number of hydrogen-bond acceptors (Lipinski definition) is 4. The fraction of sp³-hybridized carbons (Fsp3) is 0.538. The van der Waals surface area contributed by atoms with Crippen LogP contribution in [0.15, 0.2) is 11.4 Å². The maximum Gasteiger partial charge on any atom is 0.328 e. The van der Waals surface area contributed by atoms with Gasteiger partial charge < -0.3 is 10.1 Å². The van der Waals surface area contributed by atoms with Crippen molar-refractivity contribution in [3.05, 3.63) is 21.9 Å². The van der Waals surface area contributed by atoms with Crippen LogP contribution < -0.4 is 5.32 Å². The first-order valence-electron chi connectivity index (χ1n) is 6.08. The second-order valence-electron chi connectivity index (χ2n) is 4.50. The van der Waals surface area contributed by atoms with Gasteiger partial charge in [0.25, 0.3) is 0 Å². The predicted molar refractivity (Wildman–Crippen MR) is 69.6 cm³/mol. The minimum Gasteiger partial charge on any atom is -0.467 e. The molecule has 0 bridgehead atoms. The smallest absolute Gasteiger partial charge is 0.328 e. The largest absolute Gasteiger partial charge is 0.467 e. The molecule has 1 aromatic heterocycles. The van der Waals surface area contributed by atoms with Gasteiger partial charge in [-0.1, -0.05) is 0 Å². The first-order chi connectivity index (χ1) is 8.63. The quantitative estimate of drug-likeness (QED) is 0.850. The lowest BCUT2D eigenvalue weighted by Crippen LogP contribution is -2.42. The van der Waals surface area contributed by atoms with Crippen molar-refractivity contribution < 1.29 is 14.3 Å². The number of hydrogen-bond donors (Lipinski definition) is 1. The summed E-state index contributed by atoms with van der Waals surface area (Å²) in [5, 5.41) is 4.75. The Morgan fingerprint density at radius 2 is 2.33 bits per heavy atom. The molecule has 98 valence electrons. The second kappa shape index (κ2) is 5.52. The van der Waals surface area contributed by atoms with Gasteiger partial charge in [0.15, 0.2) is 0 Å². The van der Waals surface area contributed by atoms with Gasteiger partial charge in [-0.2, -0.15) is 0 Å². The summed E-state index contributed by atoms with van der Waals surface area (Å²) < 4.78 is 4.60. The molecule has 18 heavy (non-hydrogen) atoms. The maximum absolute atomic E-state index is 12.2. The van der Waals surface area contributed by atoms with E-state index in [4.69, 9.17) is 0 Å². The van der Waals surface area contributed by atoms with Gasteiger partial charge in [-0.05, 0) is 43.2 Å². The van der Waals surface area contributed by atoms with Crippen molar-refractivity contribution in [2.24, 2.45) is 0 Å². The molecule has 1 amide bonds. The number of rotatable bonds is 3. The summed E-state index contributed by atoms with van der Waals surface area (Å²) in [4.78, 5) is 24.8. The van der Waals surface area contributed by atoms with E-state index in [1.54, 1.807) is 18.3 Å². The van der Waals surface area contributed by atoms with E-state index in [-0.39, 0.29) is 11.8 Å². The Morgan fingerprint density at radius 3 is 3.06 bits per heavy atom. The third-order valence-corrected chi connectivity index (χ3v) is 4.28. The van der Waals surface area contributed by atoms with Crippen LogP contribution >= 0.6 is 11.3 Å². The van der Waals surface area contributed by atoms with E-state index >= 15 is 0 Å². The molecule has 0 aliphatic heterocycles. The molecular formula is C13H17NO3S. The lowest BCUT2D eigenvalue weighted by Gasteiger charge is -2.23. The van der Waals surface area contributed by atoms with Crippen molar-refractivity contribution in [2.45, 2.75) is 38.1 Å². The molecule has 1 aliphatic carbocycles. The molecule has 0 saturated carbocycles. The number of carbonyl (C=O) groups is 2. The number of thiophene rings is 1. The zero-order chi connectivity index (χ0) is 13.1. The van der Waals surface area contributed by atoms with E-state index in [0.717, 1.165) is 24.8 Å². The molecule has 1 heterocycles. The second-order valence-corrected chi connectivity index (χ2v) is 5.50. The zero-order valence-electron chi connectivity index (χ0n) is 10.6. The Morgan fingerprint density at radius 1 is 1.56 bits per heavy atom. The van der Waals surface area contributed by atoms with Gasteiger partial charge in [0.05, 0.1) is 13.0 Å². The summed E-state index contributed by atoms with van der Waals surface area (Å²) in [6.45, 7) is 1.64. The van der Waals surface area contributed by atoms with Crippen molar-refractivity contribution in [1.29, 1.82) is 0 Å². The van der Waals surface area contributed by atoms with E-state index in [2.05, 4.69) is 10.1 Å². The fourth-order valence-corrected chi connectivity index (χ4v) is 3.30. The summed E-state index contributed by atoms with van der Waals surface area (Å²) in [6, 6.07) is 1.43. The van der Waals surface area contributed by atoms with Gasteiger partial charge in [-0.3, -0.25) is 4.79 Å². The lowest BCUT2D eigenvalue weighted by molar-refractivity contribution is -0.144. The number of carbonyl (C=O) groups excluding carboxylic acids is 2. The first kappa shape index (κ1) is 13.1. The minimum absolute atomic E-state index is 0.0766. The van der Waals surface area contributed by atoms with Crippen molar-refractivity contribution in [3.8, 4) is 0 Å². The molecule has 0 spiro atoms.